The molecule has 114 valence electrons. The number of piperidine rings is 1. The van der Waals surface area contributed by atoms with E-state index in [-0.39, 0.29) is 12.4 Å². The summed E-state index contributed by atoms with van der Waals surface area (Å²) in [5.74, 6) is 0.847. The molecule has 5 heteroatoms. The van der Waals surface area contributed by atoms with Crippen LogP contribution in [-0.2, 0) is 0 Å². The summed E-state index contributed by atoms with van der Waals surface area (Å²) in [6.45, 7) is 3.62. The lowest BCUT2D eigenvalue weighted by Gasteiger charge is -2.35. The Hall–Kier alpha value is -0.480. The third-order valence-corrected chi connectivity index (χ3v) is 3.93. The van der Waals surface area contributed by atoms with Crippen LogP contribution in [-0.4, -0.2) is 37.2 Å². The van der Waals surface area contributed by atoms with Crippen molar-refractivity contribution in [1.29, 1.82) is 0 Å². The predicted molar refractivity (Wildman–Crippen MR) is 87.1 cm³/mol. The quantitative estimate of drug-likeness (QED) is 0.874. The smallest absolute Gasteiger partial charge is 0.120 e. The molecule has 1 aliphatic rings. The molecule has 3 nitrogen and oxygen atoms in total. The van der Waals surface area contributed by atoms with Crippen LogP contribution in [0, 0.1) is 0 Å². The van der Waals surface area contributed by atoms with E-state index in [9.17, 15) is 0 Å². The maximum atomic E-state index is 5.93. The minimum absolute atomic E-state index is 0. The zero-order valence-corrected chi connectivity index (χ0v) is 13.3. The molecule has 0 amide bonds. The van der Waals surface area contributed by atoms with Gasteiger partial charge in [0, 0.05) is 17.6 Å². The number of halogens is 2. The summed E-state index contributed by atoms with van der Waals surface area (Å²) in [5.41, 5.74) is 5.69. The van der Waals surface area contributed by atoms with Gasteiger partial charge in [-0.25, -0.2) is 0 Å². The fourth-order valence-corrected chi connectivity index (χ4v) is 2.89. The van der Waals surface area contributed by atoms with Gasteiger partial charge in [-0.2, -0.15) is 0 Å². The van der Waals surface area contributed by atoms with Crippen LogP contribution in [0.25, 0.3) is 0 Å². The van der Waals surface area contributed by atoms with Crippen LogP contribution in [0.2, 0.25) is 5.02 Å². The van der Waals surface area contributed by atoms with E-state index in [1.165, 1.54) is 25.8 Å². The van der Waals surface area contributed by atoms with Gasteiger partial charge < -0.3 is 10.5 Å². The summed E-state index contributed by atoms with van der Waals surface area (Å²) in [7, 11) is 0. The molecular weight excluding hydrogens is 295 g/mol. The Morgan fingerprint density at radius 1 is 1.35 bits per heavy atom. The molecule has 1 saturated heterocycles. The van der Waals surface area contributed by atoms with Crippen molar-refractivity contribution in [2.45, 2.75) is 31.7 Å². The summed E-state index contributed by atoms with van der Waals surface area (Å²) >= 11 is 5.93. The number of ether oxygens (including phenoxy) is 1. The summed E-state index contributed by atoms with van der Waals surface area (Å²) in [6, 6.07) is 8.21. The Kier molecular flexibility index (Phi) is 8.31. The van der Waals surface area contributed by atoms with Crippen molar-refractivity contribution >= 4 is 24.0 Å². The lowest BCUT2D eigenvalue weighted by molar-refractivity contribution is 0.118. The maximum Gasteiger partial charge on any atom is 0.120 e. The average molecular weight is 319 g/mol. The number of hydrogen-bond acceptors (Lipinski definition) is 3. The van der Waals surface area contributed by atoms with E-state index in [1.54, 1.807) is 0 Å². The first-order chi connectivity index (χ1) is 9.29. The van der Waals surface area contributed by atoms with Crippen molar-refractivity contribution in [2.75, 3.05) is 26.2 Å². The van der Waals surface area contributed by atoms with Crippen LogP contribution in [0.4, 0.5) is 0 Å². The van der Waals surface area contributed by atoms with E-state index in [1.807, 2.05) is 24.3 Å². The van der Waals surface area contributed by atoms with E-state index in [0.29, 0.717) is 12.6 Å². The SMILES string of the molecule is Cl.NCCC1CCCCN1CCOc1cccc(Cl)c1. The number of nitrogens with two attached hydrogens (primary N) is 1. The molecular formula is C15H24Cl2N2O. The number of rotatable bonds is 6. The molecule has 0 aromatic heterocycles. The summed E-state index contributed by atoms with van der Waals surface area (Å²) in [4.78, 5) is 2.51. The molecule has 1 heterocycles. The molecule has 2 N–H and O–H groups in total. The van der Waals surface area contributed by atoms with Crippen molar-refractivity contribution in [3.8, 4) is 5.75 Å². The fourth-order valence-electron chi connectivity index (χ4n) is 2.71. The third-order valence-electron chi connectivity index (χ3n) is 3.69. The Labute approximate surface area is 132 Å². The van der Waals surface area contributed by atoms with Gasteiger partial charge in [0.1, 0.15) is 12.4 Å². The molecule has 1 fully saturated rings. The summed E-state index contributed by atoms with van der Waals surface area (Å²) in [6.07, 6.45) is 4.99. The number of nitrogens with zero attached hydrogens (tertiary/aromatic N) is 1. The minimum Gasteiger partial charge on any atom is -0.492 e. The average Bonchev–Trinajstić information content (AvgIpc) is 2.41. The third kappa shape index (κ3) is 5.49. The summed E-state index contributed by atoms with van der Waals surface area (Å²) in [5, 5.41) is 0.719. The zero-order valence-electron chi connectivity index (χ0n) is 11.8. The fraction of sp³-hybridized carbons (Fsp3) is 0.600. The number of hydrogen-bond donors (Lipinski definition) is 1. The zero-order chi connectivity index (χ0) is 13.5. The van der Waals surface area contributed by atoms with Crippen molar-refractivity contribution in [3.63, 3.8) is 0 Å². The Morgan fingerprint density at radius 3 is 2.95 bits per heavy atom. The highest BCUT2D eigenvalue weighted by Crippen LogP contribution is 2.20. The van der Waals surface area contributed by atoms with Crippen LogP contribution in [0.1, 0.15) is 25.7 Å². The van der Waals surface area contributed by atoms with E-state index >= 15 is 0 Å². The monoisotopic (exact) mass is 318 g/mol. The normalized spacial score (nSPS) is 19.4. The van der Waals surface area contributed by atoms with E-state index in [0.717, 1.165) is 30.3 Å². The van der Waals surface area contributed by atoms with Gasteiger partial charge in [-0.3, -0.25) is 4.90 Å². The summed E-state index contributed by atoms with van der Waals surface area (Å²) < 4.78 is 5.76. The second-order valence-corrected chi connectivity index (χ2v) is 5.51. The van der Waals surface area contributed by atoms with Crippen LogP contribution in [0.3, 0.4) is 0 Å². The van der Waals surface area contributed by atoms with Crippen LogP contribution in [0.5, 0.6) is 5.75 Å². The van der Waals surface area contributed by atoms with Gasteiger partial charge >= 0.3 is 0 Å². The van der Waals surface area contributed by atoms with Gasteiger partial charge in [0.05, 0.1) is 0 Å². The highest BCUT2D eigenvalue weighted by molar-refractivity contribution is 6.30. The van der Waals surface area contributed by atoms with Crippen LogP contribution in [0.15, 0.2) is 24.3 Å². The predicted octanol–water partition coefficient (Wildman–Crippen LogP) is 3.34. The van der Waals surface area contributed by atoms with E-state index in [2.05, 4.69) is 4.90 Å². The molecule has 0 spiro atoms. The highest BCUT2D eigenvalue weighted by atomic mass is 35.5. The van der Waals surface area contributed by atoms with Crippen LogP contribution >= 0.6 is 24.0 Å². The molecule has 1 atom stereocenters. The topological polar surface area (TPSA) is 38.5 Å². The van der Waals surface area contributed by atoms with Crippen molar-refractivity contribution in [3.05, 3.63) is 29.3 Å². The van der Waals surface area contributed by atoms with Gasteiger partial charge in [-0.15, -0.1) is 12.4 Å². The van der Waals surface area contributed by atoms with Crippen LogP contribution < -0.4 is 10.5 Å². The Balaban J connectivity index is 0.00000200. The van der Waals surface area contributed by atoms with Crippen molar-refractivity contribution in [2.24, 2.45) is 5.73 Å². The molecule has 0 aliphatic carbocycles. The van der Waals surface area contributed by atoms with Crippen molar-refractivity contribution in [1.82, 2.24) is 4.90 Å². The molecule has 0 radical (unpaired) electrons. The molecule has 0 bridgehead atoms. The first kappa shape index (κ1) is 17.6. The highest BCUT2D eigenvalue weighted by Gasteiger charge is 2.21. The molecule has 1 aliphatic heterocycles. The van der Waals surface area contributed by atoms with E-state index < -0.39 is 0 Å². The van der Waals surface area contributed by atoms with Gasteiger partial charge in [0.15, 0.2) is 0 Å². The van der Waals surface area contributed by atoms with Gasteiger partial charge in [-0.05, 0) is 50.6 Å². The molecule has 0 saturated carbocycles. The van der Waals surface area contributed by atoms with Gasteiger partial charge in [0.25, 0.3) is 0 Å². The molecule has 1 aromatic carbocycles. The first-order valence-corrected chi connectivity index (χ1v) is 7.50. The first-order valence-electron chi connectivity index (χ1n) is 7.12. The Morgan fingerprint density at radius 2 is 2.20 bits per heavy atom. The van der Waals surface area contributed by atoms with Gasteiger partial charge in [-0.1, -0.05) is 24.1 Å². The molecule has 2 rings (SSSR count). The molecule has 1 aromatic rings. The lowest BCUT2D eigenvalue weighted by atomic mass is 9.99. The minimum atomic E-state index is 0. The maximum absolute atomic E-state index is 5.93. The Bertz CT molecular complexity index is 388. The standard InChI is InChI=1S/C15H23ClN2O.ClH/c16-13-4-3-6-15(12-13)19-11-10-18-9-2-1-5-14(18)7-8-17;/h3-4,6,12,14H,1-2,5,7-11,17H2;1H. The van der Waals surface area contributed by atoms with Gasteiger partial charge in [0.2, 0.25) is 0 Å². The number of likely N-dealkylation sites (tertiary alicyclic amines) is 1. The molecule has 1 unspecified atom stereocenters. The van der Waals surface area contributed by atoms with E-state index in [4.69, 9.17) is 22.1 Å². The van der Waals surface area contributed by atoms with Crippen molar-refractivity contribution < 1.29 is 4.74 Å². The number of benzene rings is 1. The second kappa shape index (κ2) is 9.46. The molecule has 20 heavy (non-hydrogen) atoms. The largest absolute Gasteiger partial charge is 0.492 e. The second-order valence-electron chi connectivity index (χ2n) is 5.07. The lowest BCUT2D eigenvalue weighted by Crippen LogP contribution is -2.42.